The van der Waals surface area contributed by atoms with Gasteiger partial charge in [-0.3, -0.25) is 9.59 Å². The van der Waals surface area contributed by atoms with Gasteiger partial charge in [-0.2, -0.15) is 11.8 Å². The van der Waals surface area contributed by atoms with Crippen LogP contribution in [0.1, 0.15) is 66.2 Å². The molecule has 1 unspecified atom stereocenters. The lowest BCUT2D eigenvalue weighted by Crippen LogP contribution is -2.26. The number of amides is 1. The molecule has 0 spiro atoms. The number of furan rings is 1. The second kappa shape index (κ2) is 12.9. The van der Waals surface area contributed by atoms with E-state index in [1.807, 2.05) is 24.3 Å². The molecule has 37 heavy (non-hydrogen) atoms. The molecule has 1 aromatic heterocycles. The number of aliphatic carboxylic acids is 1. The van der Waals surface area contributed by atoms with Gasteiger partial charge in [-0.15, -0.1) is 0 Å². The predicted molar refractivity (Wildman–Crippen MR) is 149 cm³/mol. The third-order valence-corrected chi connectivity index (χ3v) is 7.57. The zero-order valence-corrected chi connectivity index (χ0v) is 22.4. The molecule has 1 heterocycles. The van der Waals surface area contributed by atoms with Crippen LogP contribution in [0, 0.1) is 12.8 Å². The third kappa shape index (κ3) is 7.01. The van der Waals surface area contributed by atoms with E-state index in [1.165, 1.54) is 19.3 Å². The van der Waals surface area contributed by atoms with Gasteiger partial charge in [-0.25, -0.2) is 0 Å². The number of hydrogen-bond acceptors (Lipinski definition) is 6. The van der Waals surface area contributed by atoms with E-state index >= 15 is 0 Å². The molecule has 0 bridgehead atoms. The lowest BCUT2D eigenvalue weighted by molar-refractivity contribution is -0.136. The van der Waals surface area contributed by atoms with Crippen LogP contribution in [0.15, 0.2) is 46.9 Å². The van der Waals surface area contributed by atoms with Crippen molar-refractivity contribution in [3.8, 4) is 5.75 Å². The maximum absolute atomic E-state index is 12.3. The van der Waals surface area contributed by atoms with E-state index in [9.17, 15) is 9.59 Å². The monoisotopic (exact) mass is 524 g/mol. The summed E-state index contributed by atoms with van der Waals surface area (Å²) < 4.78 is 12.4. The van der Waals surface area contributed by atoms with Gasteiger partial charge >= 0.3 is 5.97 Å². The number of fused-ring (bicyclic) bond motifs is 1. The summed E-state index contributed by atoms with van der Waals surface area (Å²) in [6.45, 7) is 2.90. The first-order valence-corrected chi connectivity index (χ1v) is 14.4. The quantitative estimate of drug-likeness (QED) is 0.235. The number of aryl methyl sites for hydroxylation is 1. The molecule has 3 aromatic rings. The van der Waals surface area contributed by atoms with Crippen molar-refractivity contribution in [1.29, 1.82) is 0 Å². The Bertz CT molecular complexity index is 1200. The number of rotatable bonds is 12. The number of benzene rings is 2. The number of thioether (sulfide) groups is 1. The summed E-state index contributed by atoms with van der Waals surface area (Å²) in [5, 5.41) is 16.2. The molecular weight excluding hydrogens is 488 g/mol. The van der Waals surface area contributed by atoms with E-state index in [1.54, 1.807) is 23.9 Å². The van der Waals surface area contributed by atoms with Crippen molar-refractivity contribution in [3.05, 3.63) is 59.4 Å². The molecule has 2 aromatic carbocycles. The van der Waals surface area contributed by atoms with Gasteiger partial charge in [0.2, 0.25) is 0 Å². The molecular formula is C29H36N2O5S. The molecule has 1 aliphatic carbocycles. The molecule has 0 radical (unpaired) electrons. The van der Waals surface area contributed by atoms with Crippen molar-refractivity contribution in [2.45, 2.75) is 51.5 Å². The van der Waals surface area contributed by atoms with Gasteiger partial charge in [-0.05, 0) is 74.4 Å². The van der Waals surface area contributed by atoms with E-state index in [-0.39, 0.29) is 24.9 Å². The highest BCUT2D eigenvalue weighted by atomic mass is 32.2. The summed E-state index contributed by atoms with van der Waals surface area (Å²) in [6.07, 6.45) is 7.95. The molecule has 198 valence electrons. The average molecular weight is 525 g/mol. The van der Waals surface area contributed by atoms with Crippen LogP contribution in [0.3, 0.4) is 0 Å². The maximum atomic E-state index is 12.3. The first-order valence-electron chi connectivity index (χ1n) is 13.0. The Morgan fingerprint density at radius 2 is 1.89 bits per heavy atom. The largest absolute Gasteiger partial charge is 0.493 e. The summed E-state index contributed by atoms with van der Waals surface area (Å²) in [4.78, 5) is 23.0. The van der Waals surface area contributed by atoms with Crippen molar-refractivity contribution < 1.29 is 23.8 Å². The van der Waals surface area contributed by atoms with Gasteiger partial charge in [0.05, 0.1) is 19.1 Å². The molecule has 1 atom stereocenters. The van der Waals surface area contributed by atoms with Crippen molar-refractivity contribution in [1.82, 2.24) is 5.32 Å². The van der Waals surface area contributed by atoms with E-state index < -0.39 is 5.97 Å². The predicted octanol–water partition coefficient (Wildman–Crippen LogP) is 6.42. The fourth-order valence-corrected chi connectivity index (χ4v) is 5.25. The molecule has 1 amide bonds. The summed E-state index contributed by atoms with van der Waals surface area (Å²) in [7, 11) is 0. The minimum absolute atomic E-state index is 0.0174. The van der Waals surface area contributed by atoms with Crippen LogP contribution < -0.4 is 15.4 Å². The number of ether oxygens (including phenoxy) is 1. The molecule has 7 nitrogen and oxygen atoms in total. The topological polar surface area (TPSA) is 101 Å². The van der Waals surface area contributed by atoms with Crippen LogP contribution in [0.25, 0.3) is 11.0 Å². The first-order chi connectivity index (χ1) is 18.0. The molecule has 3 N–H and O–H groups in total. The standard InChI is InChI=1S/C29H36N2O5S/c1-19-24-18-23(35-16-17-37-2)12-13-25(24)36-28(19)27(20-6-4-3-5-7-20)31-22-10-8-21(9-11-22)29(34)30-15-14-26(32)33/h8-13,18,20,27,31H,3-7,14-17H2,1-2H3,(H,30,34)(H,32,33). The zero-order valence-electron chi connectivity index (χ0n) is 21.5. The highest BCUT2D eigenvalue weighted by molar-refractivity contribution is 7.98. The number of nitrogens with one attached hydrogen (secondary N) is 2. The van der Waals surface area contributed by atoms with Crippen molar-refractivity contribution in [2.75, 3.05) is 30.5 Å². The molecule has 0 saturated heterocycles. The van der Waals surface area contributed by atoms with Crippen LogP contribution in [0.2, 0.25) is 0 Å². The Morgan fingerprint density at radius 3 is 2.59 bits per heavy atom. The van der Waals surface area contributed by atoms with Gasteiger partial charge in [0.25, 0.3) is 5.91 Å². The van der Waals surface area contributed by atoms with Crippen molar-refractivity contribution >= 4 is 40.3 Å². The van der Waals surface area contributed by atoms with E-state index in [0.717, 1.165) is 52.3 Å². The Balaban J connectivity index is 1.55. The second-order valence-corrected chi connectivity index (χ2v) is 10.6. The third-order valence-electron chi connectivity index (χ3n) is 7.00. The Hall–Kier alpha value is -3.13. The SMILES string of the molecule is CSCCOc1ccc2oc(C(Nc3ccc(C(=O)NCCC(=O)O)cc3)C3CCCCC3)c(C)c2c1. The number of carboxylic acids is 1. The molecule has 1 fully saturated rings. The van der Waals surface area contributed by atoms with Crippen LogP contribution >= 0.6 is 11.8 Å². The van der Waals surface area contributed by atoms with Crippen molar-refractivity contribution in [2.24, 2.45) is 5.92 Å². The minimum atomic E-state index is -0.936. The molecule has 1 saturated carbocycles. The normalized spacial score (nSPS) is 14.9. The lowest BCUT2D eigenvalue weighted by atomic mass is 9.82. The maximum Gasteiger partial charge on any atom is 0.305 e. The van der Waals surface area contributed by atoms with Crippen LogP contribution in [0.5, 0.6) is 5.75 Å². The highest BCUT2D eigenvalue weighted by Gasteiger charge is 2.30. The van der Waals surface area contributed by atoms with Gasteiger partial charge in [0, 0.05) is 34.5 Å². The minimum Gasteiger partial charge on any atom is -0.493 e. The lowest BCUT2D eigenvalue weighted by Gasteiger charge is -2.31. The van der Waals surface area contributed by atoms with Gasteiger partial charge < -0.3 is 24.9 Å². The van der Waals surface area contributed by atoms with Crippen molar-refractivity contribution in [3.63, 3.8) is 0 Å². The fourth-order valence-electron chi connectivity index (χ4n) is 5.00. The Labute approximate surface area is 222 Å². The highest BCUT2D eigenvalue weighted by Crippen LogP contribution is 2.41. The van der Waals surface area contributed by atoms with Gasteiger partial charge in [0.15, 0.2) is 0 Å². The first kappa shape index (κ1) is 26.9. The number of hydrogen-bond donors (Lipinski definition) is 3. The number of carbonyl (C=O) groups is 2. The summed E-state index contributed by atoms with van der Waals surface area (Å²) in [5.41, 5.74) is 3.40. The molecule has 0 aliphatic heterocycles. The summed E-state index contributed by atoms with van der Waals surface area (Å²) in [6, 6.07) is 13.4. The van der Waals surface area contributed by atoms with Crippen LogP contribution in [-0.2, 0) is 4.79 Å². The van der Waals surface area contributed by atoms with Gasteiger partial charge in [0.1, 0.15) is 17.1 Å². The molecule has 1 aliphatic rings. The zero-order chi connectivity index (χ0) is 26.2. The summed E-state index contributed by atoms with van der Waals surface area (Å²) >= 11 is 1.76. The Kier molecular flexibility index (Phi) is 9.39. The molecule has 4 rings (SSSR count). The van der Waals surface area contributed by atoms with Crippen LogP contribution in [0.4, 0.5) is 5.69 Å². The Morgan fingerprint density at radius 1 is 1.14 bits per heavy atom. The number of carbonyl (C=O) groups excluding carboxylic acids is 1. The number of anilines is 1. The fraction of sp³-hybridized carbons (Fsp3) is 0.448. The van der Waals surface area contributed by atoms with E-state index in [4.69, 9.17) is 14.3 Å². The average Bonchev–Trinajstić information content (AvgIpc) is 3.23. The number of carboxylic acid groups (broad SMARTS) is 1. The van der Waals surface area contributed by atoms with Crippen LogP contribution in [-0.4, -0.2) is 42.1 Å². The molecule has 8 heteroatoms. The smallest absolute Gasteiger partial charge is 0.305 e. The second-order valence-electron chi connectivity index (χ2n) is 9.59. The van der Waals surface area contributed by atoms with E-state index in [0.29, 0.717) is 18.1 Å². The van der Waals surface area contributed by atoms with Gasteiger partial charge in [-0.1, -0.05) is 19.3 Å². The van der Waals surface area contributed by atoms with E-state index in [2.05, 4.69) is 29.9 Å². The summed E-state index contributed by atoms with van der Waals surface area (Å²) in [5.74, 6) is 2.00.